The molecule has 1 aromatic rings. The summed E-state index contributed by atoms with van der Waals surface area (Å²) < 4.78 is 26.6. The number of halogens is 1. The molecule has 0 saturated heterocycles. The molecule has 11 heteroatoms. The van der Waals surface area contributed by atoms with Gasteiger partial charge >= 0.3 is 0 Å². The summed E-state index contributed by atoms with van der Waals surface area (Å²) in [5.74, 6) is 0.269. The number of nitrogens with two attached hydrogens (primary N) is 1. The van der Waals surface area contributed by atoms with Crippen LogP contribution in [0.2, 0.25) is 0 Å². The zero-order chi connectivity index (χ0) is 18.7. The molecular formula is C15H26IN5O4S. The van der Waals surface area contributed by atoms with Gasteiger partial charge in [-0.2, -0.15) is 0 Å². The summed E-state index contributed by atoms with van der Waals surface area (Å²) >= 11 is 0. The second-order valence-corrected chi connectivity index (χ2v) is 7.17. The molecule has 0 atom stereocenters. The Hall–Kier alpha value is -1.47. The molecule has 0 spiro atoms. The van der Waals surface area contributed by atoms with Crippen LogP contribution in [0, 0.1) is 10.1 Å². The highest BCUT2D eigenvalue weighted by atomic mass is 127. The summed E-state index contributed by atoms with van der Waals surface area (Å²) in [5, 5.41) is 13.5. The largest absolute Gasteiger partial charge is 0.370 e. The van der Waals surface area contributed by atoms with Crippen LogP contribution in [0.15, 0.2) is 34.2 Å². The van der Waals surface area contributed by atoms with Crippen molar-refractivity contribution in [2.45, 2.75) is 37.5 Å². The molecule has 148 valence electrons. The summed E-state index contributed by atoms with van der Waals surface area (Å²) in [6, 6.07) is 4.88. The van der Waals surface area contributed by atoms with E-state index in [1.165, 1.54) is 24.6 Å². The van der Waals surface area contributed by atoms with E-state index in [1.54, 1.807) is 0 Å². The molecule has 0 radical (unpaired) electrons. The van der Waals surface area contributed by atoms with Gasteiger partial charge in [-0.25, -0.2) is 13.1 Å². The lowest BCUT2D eigenvalue weighted by Gasteiger charge is -2.08. The lowest BCUT2D eigenvalue weighted by atomic mass is 10.2. The summed E-state index contributed by atoms with van der Waals surface area (Å²) in [4.78, 5) is 14.1. The zero-order valence-electron chi connectivity index (χ0n) is 14.7. The first-order chi connectivity index (χ1) is 11.9. The van der Waals surface area contributed by atoms with E-state index in [0.29, 0.717) is 6.54 Å². The number of hydrogen-bond acceptors (Lipinski definition) is 5. The number of hydrogen-bond donors (Lipinski definition) is 3. The van der Waals surface area contributed by atoms with Gasteiger partial charge in [-0.1, -0.05) is 32.3 Å². The quantitative estimate of drug-likeness (QED) is 0.106. The SMILES string of the molecule is CCCCCCN=C(N)NCCNS(=O)(=O)c1cccc([N+](=O)[O-])c1.I. The second-order valence-electron chi connectivity index (χ2n) is 5.41. The minimum absolute atomic E-state index is 0. The predicted molar refractivity (Wildman–Crippen MR) is 112 cm³/mol. The first-order valence-corrected chi connectivity index (χ1v) is 9.63. The highest BCUT2D eigenvalue weighted by Gasteiger charge is 2.16. The number of guanidine groups is 1. The van der Waals surface area contributed by atoms with Crippen LogP contribution in [0.1, 0.15) is 32.6 Å². The minimum Gasteiger partial charge on any atom is -0.370 e. The molecule has 4 N–H and O–H groups in total. The average Bonchev–Trinajstić information content (AvgIpc) is 2.58. The van der Waals surface area contributed by atoms with Gasteiger partial charge in [-0.3, -0.25) is 15.1 Å². The first kappa shape index (κ1) is 24.5. The highest BCUT2D eigenvalue weighted by Crippen LogP contribution is 2.16. The molecule has 0 amide bonds. The highest BCUT2D eigenvalue weighted by molar-refractivity contribution is 14.0. The van der Waals surface area contributed by atoms with Crippen LogP contribution in [0.4, 0.5) is 5.69 Å². The van der Waals surface area contributed by atoms with E-state index in [2.05, 4.69) is 22.0 Å². The molecular weight excluding hydrogens is 473 g/mol. The van der Waals surface area contributed by atoms with Gasteiger partial charge in [0.1, 0.15) is 0 Å². The zero-order valence-corrected chi connectivity index (χ0v) is 17.8. The van der Waals surface area contributed by atoms with E-state index < -0.39 is 14.9 Å². The van der Waals surface area contributed by atoms with E-state index >= 15 is 0 Å². The lowest BCUT2D eigenvalue weighted by molar-refractivity contribution is -0.385. The number of benzene rings is 1. The van der Waals surface area contributed by atoms with Gasteiger partial charge in [0.25, 0.3) is 5.69 Å². The van der Waals surface area contributed by atoms with Crippen LogP contribution in [0.5, 0.6) is 0 Å². The summed E-state index contributed by atoms with van der Waals surface area (Å²) in [5.41, 5.74) is 5.41. The Morgan fingerprint density at radius 2 is 2.00 bits per heavy atom. The van der Waals surface area contributed by atoms with Crippen LogP contribution in [-0.2, 0) is 10.0 Å². The lowest BCUT2D eigenvalue weighted by Crippen LogP contribution is -2.38. The number of rotatable bonds is 11. The third-order valence-corrected chi connectivity index (χ3v) is 4.81. The van der Waals surface area contributed by atoms with Crippen molar-refractivity contribution >= 4 is 45.6 Å². The molecule has 0 aromatic heterocycles. The molecule has 0 aliphatic carbocycles. The van der Waals surface area contributed by atoms with Crippen molar-refractivity contribution in [3.05, 3.63) is 34.4 Å². The van der Waals surface area contributed by atoms with Gasteiger partial charge in [0, 0.05) is 31.8 Å². The Morgan fingerprint density at radius 3 is 2.65 bits per heavy atom. The first-order valence-electron chi connectivity index (χ1n) is 8.14. The maximum Gasteiger partial charge on any atom is 0.270 e. The number of unbranched alkanes of at least 4 members (excludes halogenated alkanes) is 3. The van der Waals surface area contributed by atoms with Gasteiger partial charge in [0.2, 0.25) is 10.0 Å². The molecule has 0 aliphatic heterocycles. The molecule has 0 aliphatic rings. The fourth-order valence-electron chi connectivity index (χ4n) is 2.02. The van der Waals surface area contributed by atoms with Gasteiger partial charge in [0.05, 0.1) is 9.82 Å². The van der Waals surface area contributed by atoms with Crippen LogP contribution < -0.4 is 15.8 Å². The molecule has 0 saturated carbocycles. The number of nitrogens with one attached hydrogen (secondary N) is 2. The van der Waals surface area contributed by atoms with Crippen molar-refractivity contribution in [2.75, 3.05) is 19.6 Å². The number of non-ortho nitro benzene ring substituents is 1. The van der Waals surface area contributed by atoms with Gasteiger partial charge in [0.15, 0.2) is 5.96 Å². The molecule has 26 heavy (non-hydrogen) atoms. The van der Waals surface area contributed by atoms with E-state index in [4.69, 9.17) is 5.73 Å². The van der Waals surface area contributed by atoms with Crippen LogP contribution in [0.3, 0.4) is 0 Å². The number of nitro groups is 1. The Bertz CT molecular complexity index is 697. The van der Waals surface area contributed by atoms with Crippen LogP contribution in [-0.4, -0.2) is 38.9 Å². The van der Waals surface area contributed by atoms with Crippen molar-refractivity contribution in [2.24, 2.45) is 10.7 Å². The number of nitro benzene ring substituents is 1. The molecule has 1 aromatic carbocycles. The molecule has 1 rings (SSSR count). The topological polar surface area (TPSA) is 140 Å². The smallest absolute Gasteiger partial charge is 0.270 e. The number of nitrogens with zero attached hydrogens (tertiary/aromatic N) is 2. The van der Waals surface area contributed by atoms with E-state index in [9.17, 15) is 18.5 Å². The van der Waals surface area contributed by atoms with Crippen molar-refractivity contribution < 1.29 is 13.3 Å². The normalized spacial score (nSPS) is 11.7. The van der Waals surface area contributed by atoms with E-state index in [-0.39, 0.29) is 53.6 Å². The van der Waals surface area contributed by atoms with Crippen molar-refractivity contribution in [3.63, 3.8) is 0 Å². The molecule has 0 bridgehead atoms. The monoisotopic (exact) mass is 499 g/mol. The van der Waals surface area contributed by atoms with Crippen LogP contribution >= 0.6 is 24.0 Å². The van der Waals surface area contributed by atoms with Crippen molar-refractivity contribution in [3.8, 4) is 0 Å². The van der Waals surface area contributed by atoms with Crippen molar-refractivity contribution in [1.82, 2.24) is 10.0 Å². The number of aliphatic imine (C=N–C) groups is 1. The summed E-state index contributed by atoms with van der Waals surface area (Å²) in [6.45, 7) is 3.11. The Morgan fingerprint density at radius 1 is 1.27 bits per heavy atom. The maximum absolute atomic E-state index is 12.1. The summed E-state index contributed by atoms with van der Waals surface area (Å²) in [6.07, 6.45) is 4.40. The fourth-order valence-corrected chi connectivity index (χ4v) is 3.09. The predicted octanol–water partition coefficient (Wildman–Crippen LogP) is 1.98. The number of sulfonamides is 1. The Balaban J connectivity index is 0.00000625. The third kappa shape index (κ3) is 9.29. The molecule has 9 nitrogen and oxygen atoms in total. The van der Waals surface area contributed by atoms with Crippen molar-refractivity contribution in [1.29, 1.82) is 0 Å². The average molecular weight is 499 g/mol. The van der Waals surface area contributed by atoms with E-state index in [0.717, 1.165) is 25.3 Å². The fraction of sp³-hybridized carbons (Fsp3) is 0.533. The molecule has 0 heterocycles. The van der Waals surface area contributed by atoms with Gasteiger partial charge in [-0.15, -0.1) is 24.0 Å². The molecule has 0 fully saturated rings. The van der Waals surface area contributed by atoms with Crippen LogP contribution in [0.25, 0.3) is 0 Å². The Labute approximate surface area is 171 Å². The minimum atomic E-state index is -3.82. The standard InChI is InChI=1S/C15H25N5O4S.HI/c1-2-3-4-5-9-17-15(16)18-10-11-19-25(23,24)14-8-6-7-13(12-14)20(21)22;/h6-8,12,19H,2-5,9-11H2,1H3,(H3,16,17,18);1H. The Kier molecular flexibility index (Phi) is 12.1. The maximum atomic E-state index is 12.1. The van der Waals surface area contributed by atoms with Gasteiger partial charge in [-0.05, 0) is 12.5 Å². The second kappa shape index (κ2) is 12.8. The van der Waals surface area contributed by atoms with Gasteiger partial charge < -0.3 is 11.1 Å². The molecule has 0 unspecified atom stereocenters. The summed E-state index contributed by atoms with van der Waals surface area (Å²) in [7, 11) is -3.82. The van der Waals surface area contributed by atoms with E-state index in [1.807, 2.05) is 0 Å². The third-order valence-electron chi connectivity index (χ3n) is 3.36.